The molecule has 0 spiro atoms. The van der Waals surface area contributed by atoms with Crippen LogP contribution in [0.15, 0.2) is 28.7 Å². The van der Waals surface area contributed by atoms with E-state index in [-0.39, 0.29) is 0 Å². The molecule has 0 saturated carbocycles. The summed E-state index contributed by atoms with van der Waals surface area (Å²) in [5, 5.41) is 11.4. The average molecular weight is 225 g/mol. The van der Waals surface area contributed by atoms with Crippen molar-refractivity contribution >= 4 is 22.6 Å². The lowest BCUT2D eigenvalue weighted by molar-refractivity contribution is 0.141. The Hall–Kier alpha value is -0.990. The first-order valence-corrected chi connectivity index (χ1v) is 5.45. The lowest BCUT2D eigenvalue weighted by Crippen LogP contribution is -1.93. The molecule has 0 fully saturated rings. The second-order valence-corrected chi connectivity index (χ2v) is 4.07. The lowest BCUT2D eigenvalue weighted by Gasteiger charge is -2.03. The first-order chi connectivity index (χ1) is 7.20. The molecule has 3 heteroatoms. The van der Waals surface area contributed by atoms with Gasteiger partial charge in [0.1, 0.15) is 17.4 Å². The third-order valence-corrected chi connectivity index (χ3v) is 2.62. The van der Waals surface area contributed by atoms with E-state index >= 15 is 0 Å². The molecule has 0 saturated heterocycles. The third kappa shape index (κ3) is 2.16. The highest BCUT2D eigenvalue weighted by Crippen LogP contribution is 2.28. The molecule has 0 aliphatic rings. The van der Waals surface area contributed by atoms with Gasteiger partial charge < -0.3 is 9.52 Å². The van der Waals surface area contributed by atoms with E-state index in [9.17, 15) is 5.11 Å². The van der Waals surface area contributed by atoms with Crippen LogP contribution < -0.4 is 0 Å². The summed E-state index contributed by atoms with van der Waals surface area (Å²) in [4.78, 5) is 0. The molecule has 15 heavy (non-hydrogen) atoms. The first-order valence-electron chi connectivity index (χ1n) is 5.07. The predicted octanol–water partition coefficient (Wildman–Crippen LogP) is 3.92. The van der Waals surface area contributed by atoms with Crippen LogP contribution in [0.1, 0.15) is 31.6 Å². The van der Waals surface area contributed by atoms with Crippen LogP contribution in [0.2, 0.25) is 5.02 Å². The summed E-state index contributed by atoms with van der Waals surface area (Å²) < 4.78 is 5.53. The van der Waals surface area contributed by atoms with Crippen molar-refractivity contribution in [1.82, 2.24) is 0 Å². The summed E-state index contributed by atoms with van der Waals surface area (Å²) in [5.41, 5.74) is 0.768. The van der Waals surface area contributed by atoms with Gasteiger partial charge in [-0.2, -0.15) is 0 Å². The molecule has 1 unspecified atom stereocenters. The van der Waals surface area contributed by atoms with Crippen LogP contribution in [0.5, 0.6) is 0 Å². The fourth-order valence-electron chi connectivity index (χ4n) is 1.61. The Bertz CT molecular complexity index is 462. The molecular weight excluding hydrogens is 212 g/mol. The third-order valence-electron chi connectivity index (χ3n) is 2.39. The molecule has 1 heterocycles. The summed E-state index contributed by atoms with van der Waals surface area (Å²) in [6.45, 7) is 2.03. The molecule has 2 aromatic rings. The zero-order valence-corrected chi connectivity index (χ0v) is 9.29. The van der Waals surface area contributed by atoms with Crippen molar-refractivity contribution in [3.8, 4) is 0 Å². The molecule has 2 nitrogen and oxygen atoms in total. The normalized spacial score (nSPS) is 13.3. The smallest absolute Gasteiger partial charge is 0.134 e. The quantitative estimate of drug-likeness (QED) is 0.857. The summed E-state index contributed by atoms with van der Waals surface area (Å²) in [5.74, 6) is 0.620. The first kappa shape index (κ1) is 10.5. The Morgan fingerprint density at radius 3 is 2.93 bits per heavy atom. The maximum atomic E-state index is 9.76. The number of aliphatic hydroxyl groups excluding tert-OH is 1. The average Bonchev–Trinajstić information content (AvgIpc) is 2.60. The monoisotopic (exact) mass is 224 g/mol. The van der Waals surface area contributed by atoms with Crippen LogP contribution >= 0.6 is 11.6 Å². The molecule has 0 amide bonds. The van der Waals surface area contributed by atoms with Crippen LogP contribution in [-0.2, 0) is 0 Å². The number of aliphatic hydroxyl groups is 1. The van der Waals surface area contributed by atoms with E-state index in [1.807, 2.05) is 25.1 Å². The van der Waals surface area contributed by atoms with Crippen LogP contribution in [-0.4, -0.2) is 5.11 Å². The topological polar surface area (TPSA) is 33.4 Å². The van der Waals surface area contributed by atoms with Gasteiger partial charge in [0, 0.05) is 10.4 Å². The molecule has 1 aromatic heterocycles. The number of hydrogen-bond donors (Lipinski definition) is 1. The van der Waals surface area contributed by atoms with E-state index in [4.69, 9.17) is 16.0 Å². The molecule has 0 aliphatic heterocycles. The van der Waals surface area contributed by atoms with Gasteiger partial charge in [-0.25, -0.2) is 0 Å². The minimum atomic E-state index is -0.513. The zero-order valence-electron chi connectivity index (χ0n) is 8.53. The van der Waals surface area contributed by atoms with E-state index in [0.717, 1.165) is 17.4 Å². The van der Waals surface area contributed by atoms with Crippen molar-refractivity contribution in [2.75, 3.05) is 0 Å². The summed E-state index contributed by atoms with van der Waals surface area (Å²) in [6, 6.07) is 7.29. The van der Waals surface area contributed by atoms with E-state index in [1.165, 1.54) is 0 Å². The number of benzene rings is 1. The van der Waals surface area contributed by atoms with E-state index in [1.54, 1.807) is 6.07 Å². The minimum Gasteiger partial charge on any atom is -0.458 e. The van der Waals surface area contributed by atoms with Crippen molar-refractivity contribution < 1.29 is 9.52 Å². The van der Waals surface area contributed by atoms with Gasteiger partial charge in [0.15, 0.2) is 0 Å². The standard InChI is InChI=1S/C12H13ClO2/c1-2-3-10(14)12-7-8-6-9(13)4-5-11(8)15-12/h4-7,10,14H,2-3H2,1H3. The Balaban J connectivity index is 2.38. The molecule has 2 rings (SSSR count). The van der Waals surface area contributed by atoms with Gasteiger partial charge in [0.25, 0.3) is 0 Å². The summed E-state index contributed by atoms with van der Waals surface area (Å²) in [7, 11) is 0. The highest BCUT2D eigenvalue weighted by atomic mass is 35.5. The number of halogens is 1. The van der Waals surface area contributed by atoms with Gasteiger partial charge in [-0.05, 0) is 30.7 Å². The Morgan fingerprint density at radius 1 is 1.40 bits per heavy atom. The molecule has 1 N–H and O–H groups in total. The fraction of sp³-hybridized carbons (Fsp3) is 0.333. The Labute approximate surface area is 93.5 Å². The maximum absolute atomic E-state index is 9.76. The Kier molecular flexibility index (Phi) is 2.98. The number of fused-ring (bicyclic) bond motifs is 1. The molecule has 0 aliphatic carbocycles. The molecule has 1 atom stereocenters. The summed E-state index contributed by atoms with van der Waals surface area (Å²) >= 11 is 5.86. The van der Waals surface area contributed by atoms with Crippen LogP contribution in [0.3, 0.4) is 0 Å². The van der Waals surface area contributed by atoms with Gasteiger partial charge >= 0.3 is 0 Å². The molecule has 1 aromatic carbocycles. The Morgan fingerprint density at radius 2 is 2.20 bits per heavy atom. The van der Waals surface area contributed by atoms with Crippen molar-refractivity contribution in [1.29, 1.82) is 0 Å². The number of hydrogen-bond acceptors (Lipinski definition) is 2. The van der Waals surface area contributed by atoms with Gasteiger partial charge in [-0.15, -0.1) is 0 Å². The second-order valence-electron chi connectivity index (χ2n) is 3.64. The SMILES string of the molecule is CCCC(O)c1cc2cc(Cl)ccc2o1. The minimum absolute atomic E-state index is 0.513. The number of rotatable bonds is 3. The van der Waals surface area contributed by atoms with E-state index in [0.29, 0.717) is 17.2 Å². The highest BCUT2D eigenvalue weighted by Gasteiger charge is 2.12. The predicted molar refractivity (Wildman–Crippen MR) is 61.1 cm³/mol. The van der Waals surface area contributed by atoms with E-state index < -0.39 is 6.10 Å². The fourth-order valence-corrected chi connectivity index (χ4v) is 1.80. The molecule has 0 radical (unpaired) electrons. The van der Waals surface area contributed by atoms with Gasteiger partial charge in [-0.3, -0.25) is 0 Å². The van der Waals surface area contributed by atoms with Crippen molar-refractivity contribution in [3.63, 3.8) is 0 Å². The van der Waals surface area contributed by atoms with Gasteiger partial charge in [0.05, 0.1) is 0 Å². The zero-order chi connectivity index (χ0) is 10.8. The summed E-state index contributed by atoms with van der Waals surface area (Å²) in [6.07, 6.45) is 1.13. The number of furan rings is 1. The van der Waals surface area contributed by atoms with Crippen LogP contribution in [0, 0.1) is 0 Å². The van der Waals surface area contributed by atoms with Gasteiger partial charge in [-0.1, -0.05) is 24.9 Å². The molecule has 0 bridgehead atoms. The van der Waals surface area contributed by atoms with Crippen molar-refractivity contribution in [2.45, 2.75) is 25.9 Å². The van der Waals surface area contributed by atoms with Crippen LogP contribution in [0.25, 0.3) is 11.0 Å². The highest BCUT2D eigenvalue weighted by molar-refractivity contribution is 6.31. The molecular formula is C12H13ClO2. The van der Waals surface area contributed by atoms with Crippen LogP contribution in [0.4, 0.5) is 0 Å². The lowest BCUT2D eigenvalue weighted by atomic mass is 10.1. The van der Waals surface area contributed by atoms with Crippen molar-refractivity contribution in [3.05, 3.63) is 35.0 Å². The van der Waals surface area contributed by atoms with E-state index in [2.05, 4.69) is 0 Å². The van der Waals surface area contributed by atoms with Crippen molar-refractivity contribution in [2.24, 2.45) is 0 Å². The largest absolute Gasteiger partial charge is 0.458 e. The molecule has 80 valence electrons. The maximum Gasteiger partial charge on any atom is 0.134 e. The second kappa shape index (κ2) is 4.25. The van der Waals surface area contributed by atoms with Gasteiger partial charge in [0.2, 0.25) is 0 Å².